The minimum atomic E-state index is -0.0701. The standard InChI is InChI=1S/C48H39N5/c1-5-14-34(15-6-1)45-50-46(35-16-7-2-8-17-35)52-47(51-45)39-21-13-20-37(30-39)38-27-25-32-24-26-33-28-29-42-44(43(33)41(32)31-38)49-48(36-18-9-3-10-19-36)53(42)40-22-11-4-12-23-40/h1-31,45-52H. The summed E-state index contributed by atoms with van der Waals surface area (Å²) in [6, 6.07) is 67.6. The first kappa shape index (κ1) is 31.5. The number of para-hydroxylation sites is 1. The molecule has 1 saturated heterocycles. The number of fused-ring (bicyclic) bond motifs is 5. The van der Waals surface area contributed by atoms with Crippen molar-refractivity contribution in [1.29, 1.82) is 0 Å². The van der Waals surface area contributed by atoms with Crippen LogP contribution in [0.3, 0.4) is 0 Å². The van der Waals surface area contributed by atoms with Gasteiger partial charge in [0, 0.05) is 11.1 Å². The van der Waals surface area contributed by atoms with Gasteiger partial charge in [0.25, 0.3) is 0 Å². The van der Waals surface area contributed by atoms with E-state index >= 15 is 0 Å². The largest absolute Gasteiger partial charge is 0.359 e. The van der Waals surface area contributed by atoms with Crippen molar-refractivity contribution in [2.45, 2.75) is 24.7 Å². The van der Waals surface area contributed by atoms with Crippen molar-refractivity contribution in [1.82, 2.24) is 16.0 Å². The molecule has 2 aliphatic rings. The van der Waals surface area contributed by atoms with Crippen LogP contribution in [0.4, 0.5) is 17.1 Å². The van der Waals surface area contributed by atoms with Crippen LogP contribution in [0.1, 0.15) is 46.9 Å². The Bertz CT molecular complexity index is 2490. The summed E-state index contributed by atoms with van der Waals surface area (Å²) in [4.78, 5) is 2.43. The van der Waals surface area contributed by atoms with Gasteiger partial charge in [-0.1, -0.05) is 158 Å². The van der Waals surface area contributed by atoms with Gasteiger partial charge >= 0.3 is 0 Å². The monoisotopic (exact) mass is 685 g/mol. The Labute approximate surface area is 309 Å². The molecule has 3 unspecified atom stereocenters. The molecule has 8 aromatic carbocycles. The van der Waals surface area contributed by atoms with Gasteiger partial charge in [-0.2, -0.15) is 0 Å². The Morgan fingerprint density at radius 1 is 0.396 bits per heavy atom. The molecule has 0 saturated carbocycles. The number of nitrogens with one attached hydrogen (secondary N) is 4. The van der Waals surface area contributed by atoms with E-state index in [2.05, 4.69) is 214 Å². The third kappa shape index (κ3) is 5.81. The first-order chi connectivity index (χ1) is 26.3. The van der Waals surface area contributed by atoms with E-state index in [9.17, 15) is 0 Å². The van der Waals surface area contributed by atoms with Crippen molar-refractivity contribution >= 4 is 38.6 Å². The third-order valence-corrected chi connectivity index (χ3v) is 10.7. The van der Waals surface area contributed by atoms with E-state index < -0.39 is 0 Å². The topological polar surface area (TPSA) is 51.4 Å². The predicted octanol–water partition coefficient (Wildman–Crippen LogP) is 11.1. The first-order valence-corrected chi connectivity index (χ1v) is 18.4. The van der Waals surface area contributed by atoms with Gasteiger partial charge < -0.3 is 10.2 Å². The van der Waals surface area contributed by atoms with Crippen LogP contribution in [0.5, 0.6) is 0 Å². The normalized spacial score (nSPS) is 19.6. The molecule has 0 spiro atoms. The number of anilines is 3. The number of hydrogen-bond acceptors (Lipinski definition) is 5. The maximum Gasteiger partial charge on any atom is 0.130 e. The summed E-state index contributed by atoms with van der Waals surface area (Å²) >= 11 is 0. The minimum Gasteiger partial charge on any atom is -0.359 e. The Morgan fingerprint density at radius 2 is 0.906 bits per heavy atom. The van der Waals surface area contributed by atoms with E-state index in [1.165, 1.54) is 66.3 Å². The summed E-state index contributed by atoms with van der Waals surface area (Å²) in [7, 11) is 0. The van der Waals surface area contributed by atoms with Crippen molar-refractivity contribution in [2.75, 3.05) is 10.2 Å². The number of hydrogen-bond donors (Lipinski definition) is 4. The summed E-state index contributed by atoms with van der Waals surface area (Å²) in [6.45, 7) is 0. The Balaban J connectivity index is 1.06. The van der Waals surface area contributed by atoms with Gasteiger partial charge in [-0.25, -0.2) is 0 Å². The van der Waals surface area contributed by atoms with E-state index in [1.807, 2.05) is 0 Å². The van der Waals surface area contributed by atoms with E-state index in [0.717, 1.165) is 5.69 Å². The summed E-state index contributed by atoms with van der Waals surface area (Å²) in [5, 5.41) is 20.4. The van der Waals surface area contributed by atoms with Gasteiger partial charge in [0.1, 0.15) is 6.17 Å². The lowest BCUT2D eigenvalue weighted by Gasteiger charge is -2.39. The molecule has 5 heteroatoms. The smallest absolute Gasteiger partial charge is 0.130 e. The molecule has 10 rings (SSSR count). The molecule has 8 aromatic rings. The second-order valence-corrected chi connectivity index (χ2v) is 14.0. The fourth-order valence-corrected chi connectivity index (χ4v) is 8.16. The highest BCUT2D eigenvalue weighted by Gasteiger charge is 2.33. The Hall–Kier alpha value is -6.24. The van der Waals surface area contributed by atoms with Gasteiger partial charge in [0.2, 0.25) is 0 Å². The third-order valence-electron chi connectivity index (χ3n) is 10.7. The first-order valence-electron chi connectivity index (χ1n) is 18.4. The summed E-state index contributed by atoms with van der Waals surface area (Å²) in [5.41, 5.74) is 10.7. The van der Waals surface area contributed by atoms with Crippen molar-refractivity contribution < 1.29 is 0 Å². The molecule has 1 fully saturated rings. The van der Waals surface area contributed by atoms with Gasteiger partial charge in [0.05, 0.1) is 29.9 Å². The van der Waals surface area contributed by atoms with Crippen LogP contribution < -0.4 is 26.2 Å². The van der Waals surface area contributed by atoms with Crippen LogP contribution in [-0.4, -0.2) is 0 Å². The average molecular weight is 686 g/mol. The second kappa shape index (κ2) is 13.4. The Kier molecular flexibility index (Phi) is 7.95. The fraction of sp³-hybridized carbons (Fsp3) is 0.0833. The molecule has 53 heavy (non-hydrogen) atoms. The molecule has 256 valence electrons. The zero-order chi connectivity index (χ0) is 35.1. The van der Waals surface area contributed by atoms with E-state index in [-0.39, 0.29) is 24.7 Å². The molecule has 0 radical (unpaired) electrons. The predicted molar refractivity (Wildman–Crippen MR) is 219 cm³/mol. The van der Waals surface area contributed by atoms with Crippen molar-refractivity contribution in [3.05, 3.63) is 210 Å². The highest BCUT2D eigenvalue weighted by molar-refractivity contribution is 6.18. The molecule has 2 aliphatic heterocycles. The molecule has 0 aromatic heterocycles. The van der Waals surface area contributed by atoms with Gasteiger partial charge in [-0.05, 0) is 79.9 Å². The lowest BCUT2D eigenvalue weighted by atomic mass is 9.94. The lowest BCUT2D eigenvalue weighted by molar-refractivity contribution is 0.203. The van der Waals surface area contributed by atoms with Crippen molar-refractivity contribution in [3.8, 4) is 11.1 Å². The number of rotatable bonds is 6. The highest BCUT2D eigenvalue weighted by Crippen LogP contribution is 2.50. The summed E-state index contributed by atoms with van der Waals surface area (Å²) < 4.78 is 0. The van der Waals surface area contributed by atoms with Crippen molar-refractivity contribution in [2.24, 2.45) is 0 Å². The second-order valence-electron chi connectivity index (χ2n) is 14.0. The Morgan fingerprint density at radius 3 is 1.57 bits per heavy atom. The highest BCUT2D eigenvalue weighted by atomic mass is 15.4. The number of nitrogens with zero attached hydrogens (tertiary/aromatic N) is 1. The molecule has 4 N–H and O–H groups in total. The quantitative estimate of drug-likeness (QED) is 0.131. The summed E-state index contributed by atoms with van der Waals surface area (Å²) in [6.07, 6.45) is -0.140. The van der Waals surface area contributed by atoms with E-state index in [1.54, 1.807) is 0 Å². The van der Waals surface area contributed by atoms with Crippen molar-refractivity contribution in [3.63, 3.8) is 0 Å². The lowest BCUT2D eigenvalue weighted by Crippen LogP contribution is -2.54. The van der Waals surface area contributed by atoms with Gasteiger partial charge in [-0.15, -0.1) is 0 Å². The maximum absolute atomic E-state index is 3.98. The average Bonchev–Trinajstić information content (AvgIpc) is 3.64. The molecule has 0 amide bonds. The maximum atomic E-state index is 3.98. The zero-order valence-corrected chi connectivity index (χ0v) is 29.2. The van der Waals surface area contributed by atoms with Crippen LogP contribution >= 0.6 is 0 Å². The molecular weight excluding hydrogens is 647 g/mol. The van der Waals surface area contributed by atoms with Crippen LogP contribution in [0.2, 0.25) is 0 Å². The fourth-order valence-electron chi connectivity index (χ4n) is 8.16. The zero-order valence-electron chi connectivity index (χ0n) is 29.2. The van der Waals surface area contributed by atoms with Gasteiger partial charge in [-0.3, -0.25) is 16.0 Å². The van der Waals surface area contributed by atoms with Crippen LogP contribution in [0.15, 0.2) is 188 Å². The van der Waals surface area contributed by atoms with E-state index in [0.29, 0.717) is 0 Å². The SMILES string of the molecule is c1ccc(C2NC(c3ccccc3)NC(c3cccc(-c4ccc5ccc6ccc7c(c6c5c4)NC(c4ccccc4)N7c4ccccc4)c3)N2)cc1. The molecule has 3 atom stereocenters. The van der Waals surface area contributed by atoms with Gasteiger partial charge in [0.15, 0.2) is 0 Å². The van der Waals surface area contributed by atoms with Crippen LogP contribution in [0, 0.1) is 0 Å². The number of benzene rings is 8. The van der Waals surface area contributed by atoms with E-state index in [4.69, 9.17) is 0 Å². The molecular formula is C48H39N5. The molecule has 0 bridgehead atoms. The minimum absolute atomic E-state index is 0.0203. The molecule has 0 aliphatic carbocycles. The molecule has 2 heterocycles. The van der Waals surface area contributed by atoms with Crippen LogP contribution in [0.25, 0.3) is 32.7 Å². The van der Waals surface area contributed by atoms with Crippen LogP contribution in [-0.2, 0) is 0 Å². The summed E-state index contributed by atoms with van der Waals surface area (Å²) in [5.74, 6) is 0. The molecule has 5 nitrogen and oxygen atoms in total.